The average molecular weight is 440 g/mol. The number of hydrogen-bond donors (Lipinski definition) is 1. The first-order valence-electron chi connectivity index (χ1n) is 6.28. The van der Waals surface area contributed by atoms with Crippen LogP contribution in [0.1, 0.15) is 19.3 Å². The molecule has 0 saturated heterocycles. The van der Waals surface area contributed by atoms with Gasteiger partial charge in [-0.15, -0.1) is 0 Å². The van der Waals surface area contributed by atoms with Gasteiger partial charge in [0, 0.05) is 11.8 Å². The molecule has 0 unspecified atom stereocenters. The summed E-state index contributed by atoms with van der Waals surface area (Å²) in [4.78, 5) is 14.7. The van der Waals surface area contributed by atoms with Gasteiger partial charge >= 0.3 is 5.97 Å². The van der Waals surface area contributed by atoms with Crippen molar-refractivity contribution in [3.8, 4) is 5.75 Å². The van der Waals surface area contributed by atoms with Gasteiger partial charge in [0.25, 0.3) is 0 Å². The number of halogens is 3. The topological polar surface area (TPSA) is 59.4 Å². The molecule has 0 aliphatic heterocycles. The van der Waals surface area contributed by atoms with Crippen molar-refractivity contribution >= 4 is 62.7 Å². The predicted molar refractivity (Wildman–Crippen MR) is 91.5 cm³/mol. The summed E-state index contributed by atoms with van der Waals surface area (Å²) in [5.74, 6) is -0.164. The molecular weight excluding hydrogens is 428 g/mol. The number of aromatic nitrogens is 1. The molecule has 0 radical (unpaired) electrons. The van der Waals surface area contributed by atoms with Crippen LogP contribution in [-0.2, 0) is 4.79 Å². The highest BCUT2D eigenvalue weighted by Gasteiger charge is 2.13. The van der Waals surface area contributed by atoms with E-state index in [2.05, 4.69) is 27.6 Å². The largest absolute Gasteiger partial charge is 0.490 e. The number of pyridine rings is 1. The Kier molecular flexibility index (Phi) is 5.89. The van der Waals surface area contributed by atoms with Crippen molar-refractivity contribution in [1.82, 2.24) is 4.98 Å². The number of fused-ring (bicyclic) bond motifs is 1. The molecule has 0 aliphatic rings. The molecule has 21 heavy (non-hydrogen) atoms. The van der Waals surface area contributed by atoms with Crippen molar-refractivity contribution in [3.63, 3.8) is 0 Å². The maximum atomic E-state index is 10.5. The smallest absolute Gasteiger partial charge is 0.303 e. The standard InChI is InChI=1S/C14H12Cl2INO3/c15-9-7-10(17)14(21-6-2-1-3-12(19)20)13-8(9)4-5-11(16)18-13/h4-5,7H,1-3,6H2,(H,19,20). The fraction of sp³-hybridized carbons (Fsp3) is 0.286. The van der Waals surface area contributed by atoms with E-state index in [0.717, 1.165) is 8.96 Å². The van der Waals surface area contributed by atoms with Crippen molar-refractivity contribution in [2.24, 2.45) is 0 Å². The fourth-order valence-electron chi connectivity index (χ4n) is 1.86. The Morgan fingerprint density at radius 2 is 2.10 bits per heavy atom. The number of aliphatic carboxylic acids is 1. The van der Waals surface area contributed by atoms with E-state index in [-0.39, 0.29) is 6.42 Å². The number of hydrogen-bond acceptors (Lipinski definition) is 3. The van der Waals surface area contributed by atoms with Crippen molar-refractivity contribution in [2.75, 3.05) is 6.61 Å². The van der Waals surface area contributed by atoms with Crippen LogP contribution in [0.2, 0.25) is 10.2 Å². The molecule has 1 heterocycles. The van der Waals surface area contributed by atoms with E-state index in [0.29, 0.717) is 40.9 Å². The van der Waals surface area contributed by atoms with E-state index < -0.39 is 5.97 Å². The van der Waals surface area contributed by atoms with Crippen LogP contribution in [0.3, 0.4) is 0 Å². The predicted octanol–water partition coefficient (Wildman–Crippen LogP) is 4.78. The number of nitrogens with zero attached hydrogens (tertiary/aromatic N) is 1. The number of unbranched alkanes of at least 4 members (excludes halogenated alkanes) is 1. The molecule has 7 heteroatoms. The monoisotopic (exact) mass is 439 g/mol. The quantitative estimate of drug-likeness (QED) is 0.399. The number of carboxylic acids is 1. The molecule has 1 aromatic carbocycles. The van der Waals surface area contributed by atoms with Gasteiger partial charge in [-0.2, -0.15) is 0 Å². The summed E-state index contributed by atoms with van der Waals surface area (Å²) < 4.78 is 6.61. The molecule has 0 spiro atoms. The number of ether oxygens (including phenoxy) is 1. The highest BCUT2D eigenvalue weighted by molar-refractivity contribution is 14.1. The van der Waals surface area contributed by atoms with Gasteiger partial charge in [-0.25, -0.2) is 4.98 Å². The fourth-order valence-corrected chi connectivity index (χ4v) is 3.17. The molecule has 0 bridgehead atoms. The van der Waals surface area contributed by atoms with Crippen LogP contribution < -0.4 is 4.74 Å². The molecule has 0 fully saturated rings. The Hall–Kier alpha value is -0.790. The lowest BCUT2D eigenvalue weighted by atomic mass is 10.2. The zero-order valence-corrected chi connectivity index (χ0v) is 14.6. The Balaban J connectivity index is 2.18. The molecular formula is C14H12Cl2INO3. The first kappa shape index (κ1) is 16.6. The van der Waals surface area contributed by atoms with Crippen LogP contribution in [0.15, 0.2) is 18.2 Å². The number of benzene rings is 1. The Bertz CT molecular complexity index is 679. The number of carbonyl (C=O) groups is 1. The number of rotatable bonds is 6. The van der Waals surface area contributed by atoms with Gasteiger partial charge in [0.15, 0.2) is 5.75 Å². The maximum Gasteiger partial charge on any atom is 0.303 e. The highest BCUT2D eigenvalue weighted by atomic mass is 127. The van der Waals surface area contributed by atoms with E-state index in [4.69, 9.17) is 33.0 Å². The van der Waals surface area contributed by atoms with Crippen LogP contribution in [0.5, 0.6) is 5.75 Å². The second kappa shape index (κ2) is 7.47. The summed E-state index contributed by atoms with van der Waals surface area (Å²) in [7, 11) is 0. The van der Waals surface area contributed by atoms with E-state index in [1.54, 1.807) is 12.1 Å². The van der Waals surface area contributed by atoms with Crippen LogP contribution in [-0.4, -0.2) is 22.7 Å². The first-order chi connectivity index (χ1) is 9.99. The molecule has 112 valence electrons. The number of carboxylic acid groups (broad SMARTS) is 1. The molecule has 0 aliphatic carbocycles. The van der Waals surface area contributed by atoms with Gasteiger partial charge < -0.3 is 9.84 Å². The van der Waals surface area contributed by atoms with Gasteiger partial charge in [0.05, 0.1) is 15.2 Å². The van der Waals surface area contributed by atoms with Gasteiger partial charge in [0.2, 0.25) is 0 Å². The van der Waals surface area contributed by atoms with Gasteiger partial charge in [-0.3, -0.25) is 4.79 Å². The van der Waals surface area contributed by atoms with Gasteiger partial charge in [-0.1, -0.05) is 23.2 Å². The van der Waals surface area contributed by atoms with E-state index in [1.807, 2.05) is 6.07 Å². The van der Waals surface area contributed by atoms with Crippen molar-refractivity contribution in [2.45, 2.75) is 19.3 Å². The highest BCUT2D eigenvalue weighted by Crippen LogP contribution is 2.35. The van der Waals surface area contributed by atoms with Crippen molar-refractivity contribution < 1.29 is 14.6 Å². The summed E-state index contributed by atoms with van der Waals surface area (Å²) >= 11 is 14.3. The van der Waals surface area contributed by atoms with Crippen molar-refractivity contribution in [1.29, 1.82) is 0 Å². The third-order valence-electron chi connectivity index (χ3n) is 2.84. The molecule has 1 N–H and O–H groups in total. The third-order valence-corrected chi connectivity index (χ3v) is 4.16. The van der Waals surface area contributed by atoms with Crippen molar-refractivity contribution in [3.05, 3.63) is 31.9 Å². The van der Waals surface area contributed by atoms with Crippen LogP contribution in [0, 0.1) is 3.57 Å². The van der Waals surface area contributed by atoms with E-state index in [9.17, 15) is 4.79 Å². The minimum atomic E-state index is -0.796. The SMILES string of the molecule is O=C(O)CCCCOc1c(I)cc(Cl)c2ccc(Cl)nc12. The molecule has 2 rings (SSSR count). The second-order valence-corrected chi connectivity index (χ2v) is 6.36. The first-order valence-corrected chi connectivity index (χ1v) is 8.11. The van der Waals surface area contributed by atoms with Gasteiger partial charge in [0.1, 0.15) is 10.7 Å². The second-order valence-electron chi connectivity index (χ2n) is 4.40. The summed E-state index contributed by atoms with van der Waals surface area (Å²) in [6, 6.07) is 5.30. The molecule has 2 aromatic rings. The third kappa shape index (κ3) is 4.34. The summed E-state index contributed by atoms with van der Waals surface area (Å²) in [5, 5.41) is 10.3. The maximum absolute atomic E-state index is 10.5. The Labute approximate surface area is 145 Å². The molecule has 4 nitrogen and oxygen atoms in total. The van der Waals surface area contributed by atoms with E-state index in [1.165, 1.54) is 0 Å². The molecule has 0 saturated carbocycles. The minimum Gasteiger partial charge on any atom is -0.490 e. The van der Waals surface area contributed by atoms with E-state index >= 15 is 0 Å². The van der Waals surface area contributed by atoms with Crippen LogP contribution in [0.4, 0.5) is 0 Å². The summed E-state index contributed by atoms with van der Waals surface area (Å²) in [6.45, 7) is 0.425. The summed E-state index contributed by atoms with van der Waals surface area (Å²) in [5.41, 5.74) is 0.623. The van der Waals surface area contributed by atoms with Gasteiger partial charge in [-0.05, 0) is 53.6 Å². The molecule has 1 aromatic heterocycles. The zero-order chi connectivity index (χ0) is 15.4. The lowest BCUT2D eigenvalue weighted by molar-refractivity contribution is -0.137. The summed E-state index contributed by atoms with van der Waals surface area (Å²) in [6.07, 6.45) is 1.38. The normalized spacial score (nSPS) is 10.8. The minimum absolute atomic E-state index is 0.145. The lowest BCUT2D eigenvalue weighted by Gasteiger charge is -2.12. The van der Waals surface area contributed by atoms with Crippen LogP contribution >= 0.6 is 45.8 Å². The Morgan fingerprint density at radius 1 is 1.33 bits per heavy atom. The molecule has 0 atom stereocenters. The van der Waals surface area contributed by atoms with Crippen LogP contribution in [0.25, 0.3) is 10.9 Å². The Morgan fingerprint density at radius 3 is 2.81 bits per heavy atom. The molecule has 0 amide bonds. The lowest BCUT2D eigenvalue weighted by Crippen LogP contribution is -2.02. The average Bonchev–Trinajstić information content (AvgIpc) is 2.41. The zero-order valence-electron chi connectivity index (χ0n) is 10.9.